The van der Waals surface area contributed by atoms with Crippen molar-refractivity contribution in [2.24, 2.45) is 11.7 Å². The minimum absolute atomic E-state index is 0.0874. The molecule has 3 N–H and O–H groups in total. The van der Waals surface area contributed by atoms with Crippen LogP contribution in [-0.4, -0.2) is 67.9 Å². The molecule has 1 saturated carbocycles. The van der Waals surface area contributed by atoms with Crippen LogP contribution >= 0.6 is 0 Å². The molecule has 236 valence electrons. The molecule has 0 aromatic rings. The summed E-state index contributed by atoms with van der Waals surface area (Å²) in [5, 5.41) is 2.89. The van der Waals surface area contributed by atoms with Gasteiger partial charge in [-0.1, -0.05) is 46.1 Å². The quantitative estimate of drug-likeness (QED) is 0.117. The van der Waals surface area contributed by atoms with Crippen LogP contribution in [0.1, 0.15) is 107 Å². The van der Waals surface area contributed by atoms with Gasteiger partial charge in [-0.2, -0.15) is 0 Å². The molecule has 0 unspecified atom stereocenters. The second-order valence-corrected chi connectivity index (χ2v) is 12.3. The number of unbranched alkanes of at least 4 members (excludes halogenated alkanes) is 3. The van der Waals surface area contributed by atoms with Crippen molar-refractivity contribution in [2.75, 3.05) is 26.4 Å². The van der Waals surface area contributed by atoms with Gasteiger partial charge in [0.25, 0.3) is 0 Å². The van der Waals surface area contributed by atoms with Crippen LogP contribution in [-0.2, 0) is 28.5 Å². The Balaban J connectivity index is 2.66. The van der Waals surface area contributed by atoms with Gasteiger partial charge in [0.1, 0.15) is 29.5 Å². The van der Waals surface area contributed by atoms with Crippen molar-refractivity contribution in [3.63, 3.8) is 0 Å². The van der Waals surface area contributed by atoms with Crippen LogP contribution in [0.25, 0.3) is 0 Å². The zero-order chi connectivity index (χ0) is 30.6. The monoisotopic (exact) mass is 580 g/mol. The van der Waals surface area contributed by atoms with E-state index in [-0.39, 0.29) is 17.6 Å². The molecule has 9 heteroatoms. The van der Waals surface area contributed by atoms with Crippen LogP contribution in [0.4, 0.5) is 4.79 Å². The third kappa shape index (κ3) is 10.4. The number of primary amides is 1. The van der Waals surface area contributed by atoms with Crippen LogP contribution in [0.15, 0.2) is 22.9 Å². The number of nitrogens with one attached hydrogen (secondary N) is 1. The Morgan fingerprint density at radius 1 is 1.02 bits per heavy atom. The minimum atomic E-state index is -0.892. The number of carbonyl (C=O) groups is 2. The van der Waals surface area contributed by atoms with Crippen molar-refractivity contribution in [3.05, 3.63) is 22.9 Å². The van der Waals surface area contributed by atoms with E-state index in [0.717, 1.165) is 56.9 Å². The van der Waals surface area contributed by atoms with E-state index in [1.807, 2.05) is 6.92 Å². The van der Waals surface area contributed by atoms with Gasteiger partial charge in [-0.15, -0.1) is 0 Å². The first kappa shape index (κ1) is 35.3. The average molecular weight is 581 g/mol. The van der Waals surface area contributed by atoms with Crippen molar-refractivity contribution in [2.45, 2.75) is 136 Å². The maximum absolute atomic E-state index is 13.1. The molecule has 41 heavy (non-hydrogen) atoms. The van der Waals surface area contributed by atoms with Crippen molar-refractivity contribution in [1.82, 2.24) is 5.32 Å². The van der Waals surface area contributed by atoms with Crippen LogP contribution < -0.4 is 11.1 Å². The highest BCUT2D eigenvalue weighted by Crippen LogP contribution is 2.49. The van der Waals surface area contributed by atoms with E-state index in [2.05, 4.69) is 26.1 Å². The number of carbonyl (C=O) groups excluding carboxylic acids is 2. The maximum Gasteiger partial charge on any atom is 0.412 e. The van der Waals surface area contributed by atoms with E-state index in [1.165, 1.54) is 0 Å². The van der Waals surface area contributed by atoms with Gasteiger partial charge in [0, 0.05) is 19.8 Å². The summed E-state index contributed by atoms with van der Waals surface area (Å²) in [4.78, 5) is 25.8. The number of hydrogen-bond acceptors (Lipinski definition) is 7. The third-order valence-electron chi connectivity index (χ3n) is 7.40. The lowest BCUT2D eigenvalue weighted by Gasteiger charge is -2.37. The first-order valence-electron chi connectivity index (χ1n) is 15.6. The Bertz CT molecular complexity index is 906. The van der Waals surface area contributed by atoms with Gasteiger partial charge in [0.15, 0.2) is 0 Å². The zero-order valence-electron chi connectivity index (χ0n) is 26.8. The van der Waals surface area contributed by atoms with Gasteiger partial charge in [-0.3, -0.25) is 10.1 Å². The second kappa shape index (κ2) is 16.6. The SMILES string of the molecule is C/C=C(C(N)=O)\C(NC(=O)OC(C)(C)C)=C(/C1CC1)[C@@H]1O[C@H](COCCCC)[C@@H](OCCCC)[C@@]1(C)OCCCC. The Hall–Kier alpha value is -1.94. The first-order chi connectivity index (χ1) is 19.4. The fourth-order valence-corrected chi connectivity index (χ4v) is 5.13. The van der Waals surface area contributed by atoms with E-state index in [4.69, 9.17) is 29.4 Å². The van der Waals surface area contributed by atoms with Crippen LogP contribution in [0.3, 0.4) is 0 Å². The third-order valence-corrected chi connectivity index (χ3v) is 7.40. The molecular formula is C32H56N2O7. The molecule has 1 aliphatic carbocycles. The molecule has 1 aliphatic heterocycles. The summed E-state index contributed by atoms with van der Waals surface area (Å²) in [7, 11) is 0. The predicted octanol–water partition coefficient (Wildman–Crippen LogP) is 5.95. The zero-order valence-corrected chi connectivity index (χ0v) is 26.8. The lowest BCUT2D eigenvalue weighted by atomic mass is 9.84. The highest BCUT2D eigenvalue weighted by Gasteiger charge is 2.59. The van der Waals surface area contributed by atoms with Gasteiger partial charge in [0.05, 0.1) is 17.9 Å². The molecule has 1 saturated heterocycles. The molecule has 2 rings (SSSR count). The van der Waals surface area contributed by atoms with Crippen LogP contribution in [0.2, 0.25) is 0 Å². The first-order valence-corrected chi connectivity index (χ1v) is 15.6. The van der Waals surface area contributed by atoms with Crippen LogP contribution in [0.5, 0.6) is 0 Å². The Labute approximate surface area is 247 Å². The summed E-state index contributed by atoms with van der Waals surface area (Å²) >= 11 is 0. The molecule has 0 radical (unpaired) electrons. The summed E-state index contributed by atoms with van der Waals surface area (Å²) in [6.07, 6.45) is 7.15. The van der Waals surface area contributed by atoms with Crippen LogP contribution in [0, 0.1) is 5.92 Å². The second-order valence-electron chi connectivity index (χ2n) is 12.3. The van der Waals surface area contributed by atoms with Gasteiger partial charge < -0.3 is 29.4 Å². The normalized spacial score (nSPS) is 25.7. The standard InChI is InChI=1S/C32H56N2O7/c1-9-13-18-37-21-24-27(38-19-14-10-2)32(8,39-20-15-11-3)28(40-24)25(22-16-17-22)26(23(12-4)29(33)35)34-30(36)41-31(5,6)7/h12,22,24,27-28H,9-11,13-21H2,1-8H3,(H2,33,35)(H,34,36)/b23-12+,26-25-/t24-,27-,28+,32-/m1/s1. The lowest BCUT2D eigenvalue weighted by Crippen LogP contribution is -2.51. The summed E-state index contributed by atoms with van der Waals surface area (Å²) in [5.74, 6) is -0.553. The van der Waals surface area contributed by atoms with E-state index < -0.39 is 35.4 Å². The number of rotatable bonds is 18. The number of nitrogens with two attached hydrogens (primary N) is 1. The van der Waals surface area contributed by atoms with Crippen molar-refractivity contribution in [1.29, 1.82) is 0 Å². The number of hydrogen-bond donors (Lipinski definition) is 2. The summed E-state index contributed by atoms with van der Waals surface area (Å²) in [6.45, 7) is 17.6. The molecule has 0 bridgehead atoms. The van der Waals surface area contributed by atoms with Crippen molar-refractivity contribution in [3.8, 4) is 0 Å². The molecule has 0 aromatic carbocycles. The topological polar surface area (TPSA) is 118 Å². The molecule has 9 nitrogen and oxygen atoms in total. The van der Waals surface area contributed by atoms with E-state index in [0.29, 0.717) is 32.1 Å². The number of allylic oxidation sites excluding steroid dienone is 1. The van der Waals surface area contributed by atoms with Gasteiger partial charge in [-0.25, -0.2) is 4.79 Å². The van der Waals surface area contributed by atoms with E-state index in [1.54, 1.807) is 33.8 Å². The molecule has 0 spiro atoms. The Morgan fingerprint density at radius 3 is 2.17 bits per heavy atom. The summed E-state index contributed by atoms with van der Waals surface area (Å²) in [6, 6.07) is 0. The number of ether oxygens (including phenoxy) is 5. The van der Waals surface area contributed by atoms with E-state index in [9.17, 15) is 9.59 Å². The molecular weight excluding hydrogens is 524 g/mol. The van der Waals surface area contributed by atoms with Crippen molar-refractivity contribution < 1.29 is 33.3 Å². The van der Waals surface area contributed by atoms with E-state index >= 15 is 0 Å². The Morgan fingerprint density at radius 2 is 1.63 bits per heavy atom. The molecule has 1 heterocycles. The number of alkyl carbamates (subject to hydrolysis) is 1. The van der Waals surface area contributed by atoms with Crippen molar-refractivity contribution >= 4 is 12.0 Å². The lowest BCUT2D eigenvalue weighted by molar-refractivity contribution is -0.132. The molecule has 2 aliphatic rings. The summed E-state index contributed by atoms with van der Waals surface area (Å²) < 4.78 is 31.7. The predicted molar refractivity (Wildman–Crippen MR) is 160 cm³/mol. The minimum Gasteiger partial charge on any atom is -0.444 e. The average Bonchev–Trinajstić information content (AvgIpc) is 3.68. The van der Waals surface area contributed by atoms with Gasteiger partial charge in [0.2, 0.25) is 5.91 Å². The fourth-order valence-electron chi connectivity index (χ4n) is 5.13. The van der Waals surface area contributed by atoms with Gasteiger partial charge in [-0.05, 0) is 78.2 Å². The summed E-state index contributed by atoms with van der Waals surface area (Å²) in [5.41, 5.74) is 5.58. The molecule has 4 atom stereocenters. The highest BCUT2D eigenvalue weighted by atomic mass is 16.6. The highest BCUT2D eigenvalue weighted by molar-refractivity contribution is 5.97. The molecule has 0 aromatic heterocycles. The number of amides is 2. The fraction of sp³-hybridized carbons (Fsp3) is 0.812. The molecule has 2 fully saturated rings. The smallest absolute Gasteiger partial charge is 0.412 e. The maximum atomic E-state index is 13.1. The Kier molecular flexibility index (Phi) is 14.3. The largest absolute Gasteiger partial charge is 0.444 e. The molecule has 2 amide bonds. The van der Waals surface area contributed by atoms with Gasteiger partial charge >= 0.3 is 6.09 Å².